The molecule has 1 aliphatic rings. The first-order chi connectivity index (χ1) is 7.40. The second-order valence-corrected chi connectivity index (χ2v) is 4.08. The summed E-state index contributed by atoms with van der Waals surface area (Å²) < 4.78 is 0. The van der Waals surface area contributed by atoms with Crippen LogP contribution in [0.15, 0.2) is 42.0 Å². The summed E-state index contributed by atoms with van der Waals surface area (Å²) in [4.78, 5) is 0. The summed E-state index contributed by atoms with van der Waals surface area (Å²) >= 11 is 0. The highest BCUT2D eigenvalue weighted by atomic mass is 14.3. The quantitative estimate of drug-likeness (QED) is 0.662. The van der Waals surface area contributed by atoms with Gasteiger partial charge in [0.15, 0.2) is 0 Å². The van der Waals surface area contributed by atoms with Gasteiger partial charge in [-0.2, -0.15) is 5.26 Å². The van der Waals surface area contributed by atoms with Crippen LogP contribution in [-0.2, 0) is 0 Å². The maximum atomic E-state index is 8.61. The number of hydrogen-bond acceptors (Lipinski definition) is 1. The summed E-state index contributed by atoms with van der Waals surface area (Å²) in [5.41, 5.74) is 2.76. The van der Waals surface area contributed by atoms with Crippen LogP contribution in [0.1, 0.15) is 37.2 Å². The fourth-order valence-corrected chi connectivity index (χ4v) is 2.18. The van der Waals surface area contributed by atoms with Gasteiger partial charge in [0.25, 0.3) is 0 Å². The molecule has 0 aliphatic heterocycles. The monoisotopic (exact) mass is 197 g/mol. The molecule has 0 heterocycles. The first-order valence-corrected chi connectivity index (χ1v) is 5.50. The van der Waals surface area contributed by atoms with Crippen LogP contribution in [-0.4, -0.2) is 0 Å². The molecule has 1 unspecified atom stereocenters. The minimum absolute atomic E-state index is 0.613. The molecule has 1 aromatic carbocycles. The van der Waals surface area contributed by atoms with E-state index in [-0.39, 0.29) is 0 Å². The molecule has 0 saturated carbocycles. The molecule has 1 atom stereocenters. The Morgan fingerprint density at radius 2 is 2.07 bits per heavy atom. The Morgan fingerprint density at radius 1 is 1.27 bits per heavy atom. The van der Waals surface area contributed by atoms with Gasteiger partial charge in [-0.05, 0) is 30.7 Å². The molecular formula is C14H15N. The molecular weight excluding hydrogens is 182 g/mol. The lowest BCUT2D eigenvalue weighted by Gasteiger charge is -2.21. The first kappa shape index (κ1) is 9.98. The maximum absolute atomic E-state index is 8.61. The minimum Gasteiger partial charge on any atom is -0.198 e. The second-order valence-electron chi connectivity index (χ2n) is 4.08. The van der Waals surface area contributed by atoms with Gasteiger partial charge in [-0.25, -0.2) is 0 Å². The Balaban J connectivity index is 2.03. The van der Waals surface area contributed by atoms with Gasteiger partial charge in [0, 0.05) is 0 Å². The fraction of sp³-hybridized carbons (Fsp3) is 0.357. The van der Waals surface area contributed by atoms with Crippen molar-refractivity contribution in [1.82, 2.24) is 0 Å². The van der Waals surface area contributed by atoms with Gasteiger partial charge in [-0.15, -0.1) is 0 Å². The maximum Gasteiger partial charge on any atom is 0.0666 e. The van der Waals surface area contributed by atoms with Crippen LogP contribution in [0.2, 0.25) is 0 Å². The smallest absolute Gasteiger partial charge is 0.0666 e. The lowest BCUT2D eigenvalue weighted by Crippen LogP contribution is -2.03. The zero-order valence-electron chi connectivity index (χ0n) is 8.82. The topological polar surface area (TPSA) is 23.8 Å². The number of nitriles is 1. The van der Waals surface area contributed by atoms with Crippen molar-refractivity contribution >= 4 is 0 Å². The van der Waals surface area contributed by atoms with E-state index in [2.05, 4.69) is 42.5 Å². The van der Waals surface area contributed by atoms with E-state index in [9.17, 15) is 0 Å². The predicted octanol–water partition coefficient (Wildman–Crippen LogP) is 3.79. The van der Waals surface area contributed by atoms with Crippen LogP contribution in [0.5, 0.6) is 0 Å². The summed E-state index contributed by atoms with van der Waals surface area (Å²) in [6.45, 7) is 0. The summed E-state index contributed by atoms with van der Waals surface area (Å²) in [5, 5.41) is 8.61. The summed E-state index contributed by atoms with van der Waals surface area (Å²) in [6.07, 6.45) is 6.25. The molecule has 2 rings (SSSR count). The van der Waals surface area contributed by atoms with Crippen molar-refractivity contribution in [2.75, 3.05) is 0 Å². The minimum atomic E-state index is 0.613. The Labute approximate surface area is 91.0 Å². The Morgan fingerprint density at radius 3 is 2.67 bits per heavy atom. The molecule has 1 heteroatoms. The first-order valence-electron chi connectivity index (χ1n) is 5.50. The standard InChI is InChI=1S/C14H15N/c15-11-10-12-6-8-14(9-7-12)13-4-2-1-3-5-13/h1-6,14H,7-10H2. The van der Waals surface area contributed by atoms with Gasteiger partial charge in [-0.1, -0.05) is 42.0 Å². The average Bonchev–Trinajstić information content (AvgIpc) is 2.32. The molecule has 0 aromatic heterocycles. The van der Waals surface area contributed by atoms with E-state index in [1.807, 2.05) is 0 Å². The van der Waals surface area contributed by atoms with Crippen molar-refractivity contribution < 1.29 is 0 Å². The zero-order chi connectivity index (χ0) is 10.5. The molecule has 0 bridgehead atoms. The molecule has 0 radical (unpaired) electrons. The van der Waals surface area contributed by atoms with E-state index in [0.717, 1.165) is 12.8 Å². The van der Waals surface area contributed by atoms with Crippen LogP contribution in [0.3, 0.4) is 0 Å². The molecule has 1 aliphatic carbocycles. The third-order valence-electron chi connectivity index (χ3n) is 3.08. The molecule has 1 aromatic rings. The highest BCUT2D eigenvalue weighted by Crippen LogP contribution is 2.32. The molecule has 76 valence electrons. The molecule has 0 saturated heterocycles. The molecule has 0 N–H and O–H groups in total. The van der Waals surface area contributed by atoms with E-state index in [0.29, 0.717) is 12.3 Å². The van der Waals surface area contributed by atoms with Crippen LogP contribution in [0.4, 0.5) is 0 Å². The molecule has 0 amide bonds. The molecule has 1 nitrogen and oxygen atoms in total. The average molecular weight is 197 g/mol. The Hall–Kier alpha value is -1.55. The summed E-state index contributed by atoms with van der Waals surface area (Å²) in [7, 11) is 0. The Kier molecular flexibility index (Phi) is 3.19. The molecule has 0 fully saturated rings. The summed E-state index contributed by atoms with van der Waals surface area (Å²) in [6, 6.07) is 12.9. The number of rotatable bonds is 2. The third-order valence-corrected chi connectivity index (χ3v) is 3.08. The third kappa shape index (κ3) is 2.47. The number of nitrogens with zero attached hydrogens (tertiary/aromatic N) is 1. The van der Waals surface area contributed by atoms with E-state index >= 15 is 0 Å². The van der Waals surface area contributed by atoms with Gasteiger partial charge in [0.2, 0.25) is 0 Å². The van der Waals surface area contributed by atoms with Crippen molar-refractivity contribution in [2.45, 2.75) is 31.6 Å². The van der Waals surface area contributed by atoms with Gasteiger partial charge < -0.3 is 0 Å². The Bertz CT molecular complexity index is 384. The number of benzene rings is 1. The van der Waals surface area contributed by atoms with Gasteiger partial charge in [0.05, 0.1) is 12.5 Å². The number of allylic oxidation sites excluding steroid dienone is 2. The SMILES string of the molecule is N#CCC1=CCC(c2ccccc2)CC1. The van der Waals surface area contributed by atoms with E-state index < -0.39 is 0 Å². The lowest BCUT2D eigenvalue weighted by molar-refractivity contribution is 0.594. The predicted molar refractivity (Wildman–Crippen MR) is 61.3 cm³/mol. The molecule has 15 heavy (non-hydrogen) atoms. The van der Waals surface area contributed by atoms with Crippen LogP contribution < -0.4 is 0 Å². The van der Waals surface area contributed by atoms with Crippen molar-refractivity contribution in [3.05, 3.63) is 47.5 Å². The number of hydrogen-bond donors (Lipinski definition) is 0. The normalized spacial score (nSPS) is 20.5. The zero-order valence-corrected chi connectivity index (χ0v) is 8.82. The van der Waals surface area contributed by atoms with Gasteiger partial charge in [-0.3, -0.25) is 0 Å². The van der Waals surface area contributed by atoms with Crippen LogP contribution in [0.25, 0.3) is 0 Å². The van der Waals surface area contributed by atoms with E-state index in [1.54, 1.807) is 0 Å². The van der Waals surface area contributed by atoms with E-state index in [1.165, 1.54) is 17.6 Å². The second kappa shape index (κ2) is 4.79. The highest BCUT2D eigenvalue weighted by molar-refractivity contribution is 5.23. The van der Waals surface area contributed by atoms with Crippen LogP contribution >= 0.6 is 0 Å². The van der Waals surface area contributed by atoms with Crippen LogP contribution in [0, 0.1) is 11.3 Å². The fourth-order valence-electron chi connectivity index (χ4n) is 2.18. The van der Waals surface area contributed by atoms with Crippen molar-refractivity contribution in [1.29, 1.82) is 5.26 Å². The summed E-state index contributed by atoms with van der Waals surface area (Å²) in [5.74, 6) is 0.661. The van der Waals surface area contributed by atoms with E-state index in [4.69, 9.17) is 5.26 Å². The van der Waals surface area contributed by atoms with Crippen molar-refractivity contribution in [3.63, 3.8) is 0 Å². The lowest BCUT2D eigenvalue weighted by atomic mass is 9.84. The van der Waals surface area contributed by atoms with Crippen molar-refractivity contribution in [2.24, 2.45) is 0 Å². The van der Waals surface area contributed by atoms with Gasteiger partial charge >= 0.3 is 0 Å². The largest absolute Gasteiger partial charge is 0.198 e. The molecule has 0 spiro atoms. The highest BCUT2D eigenvalue weighted by Gasteiger charge is 2.15. The van der Waals surface area contributed by atoms with Crippen molar-refractivity contribution in [3.8, 4) is 6.07 Å². The van der Waals surface area contributed by atoms with Gasteiger partial charge in [0.1, 0.15) is 0 Å².